The zero-order valence-electron chi connectivity index (χ0n) is 14.6. The van der Waals surface area contributed by atoms with E-state index < -0.39 is 17.8 Å². The van der Waals surface area contributed by atoms with Crippen LogP contribution in [0.2, 0.25) is 0 Å². The summed E-state index contributed by atoms with van der Waals surface area (Å²) in [6, 6.07) is 15.9. The van der Waals surface area contributed by atoms with Crippen LogP contribution >= 0.6 is 11.8 Å². The first kappa shape index (κ1) is 19.8. The van der Waals surface area contributed by atoms with Gasteiger partial charge in [-0.25, -0.2) is 4.68 Å². The fraction of sp³-hybridized carbons (Fsp3) is 0.100. The number of hydrogen-bond acceptors (Lipinski definition) is 3. The molecule has 28 heavy (non-hydrogen) atoms. The number of nitrogens with zero attached hydrogens (tertiary/aromatic N) is 2. The molecule has 0 atom stereocenters. The van der Waals surface area contributed by atoms with E-state index in [2.05, 4.69) is 10.4 Å². The molecule has 0 bridgehead atoms. The third-order valence-electron chi connectivity index (χ3n) is 3.59. The van der Waals surface area contributed by atoms with E-state index in [1.165, 1.54) is 6.08 Å². The molecule has 1 N–H and O–H groups in total. The molecule has 1 aromatic heterocycles. The summed E-state index contributed by atoms with van der Waals surface area (Å²) in [5.74, 6) is -1.46. The number of carbonyl (C=O) groups excluding carboxylic acids is 1. The summed E-state index contributed by atoms with van der Waals surface area (Å²) in [6.45, 7) is 0. The van der Waals surface area contributed by atoms with Gasteiger partial charge in [0.05, 0.1) is 23.3 Å². The van der Waals surface area contributed by atoms with Crippen LogP contribution in [0, 0.1) is 0 Å². The lowest BCUT2D eigenvalue weighted by molar-refractivity contribution is -0.111. The van der Waals surface area contributed by atoms with Crippen LogP contribution in [0.4, 0.5) is 18.9 Å². The molecule has 8 heteroatoms. The molecule has 0 saturated carbocycles. The molecule has 3 rings (SSSR count). The number of hydrogen-bond donors (Lipinski definition) is 1. The Hall–Kier alpha value is -3.00. The quantitative estimate of drug-likeness (QED) is 0.456. The van der Waals surface area contributed by atoms with E-state index in [0.717, 1.165) is 11.3 Å². The first-order valence-corrected chi connectivity index (χ1v) is 9.27. The number of nitrogens with one attached hydrogen (secondary N) is 1. The van der Waals surface area contributed by atoms with Crippen molar-refractivity contribution in [3.05, 3.63) is 78.6 Å². The van der Waals surface area contributed by atoms with Gasteiger partial charge in [-0.2, -0.15) is 18.3 Å². The fourth-order valence-electron chi connectivity index (χ4n) is 2.35. The van der Waals surface area contributed by atoms with Gasteiger partial charge in [-0.15, -0.1) is 11.8 Å². The summed E-state index contributed by atoms with van der Waals surface area (Å²) in [5.41, 5.74) is 1.95. The molecule has 0 aliphatic carbocycles. The van der Waals surface area contributed by atoms with Crippen LogP contribution in [0.3, 0.4) is 0 Å². The van der Waals surface area contributed by atoms with Crippen molar-refractivity contribution in [2.75, 3.05) is 11.1 Å². The van der Waals surface area contributed by atoms with Crippen molar-refractivity contribution in [1.29, 1.82) is 0 Å². The number of alkyl halides is 3. The van der Waals surface area contributed by atoms with Gasteiger partial charge >= 0.3 is 6.18 Å². The van der Waals surface area contributed by atoms with Gasteiger partial charge in [0.15, 0.2) is 0 Å². The van der Waals surface area contributed by atoms with Crippen molar-refractivity contribution in [2.24, 2.45) is 0 Å². The van der Waals surface area contributed by atoms with E-state index in [1.54, 1.807) is 47.4 Å². The van der Waals surface area contributed by atoms with E-state index in [0.29, 0.717) is 22.3 Å². The van der Waals surface area contributed by atoms with Crippen LogP contribution in [0.15, 0.2) is 78.0 Å². The predicted molar refractivity (Wildman–Crippen MR) is 104 cm³/mol. The van der Waals surface area contributed by atoms with Gasteiger partial charge in [-0.05, 0) is 30.3 Å². The molecule has 1 amide bonds. The molecule has 0 fully saturated rings. The second-order valence-corrected chi connectivity index (χ2v) is 6.79. The smallest absolute Gasteiger partial charge is 0.321 e. The highest BCUT2D eigenvalue weighted by Gasteiger charge is 2.27. The lowest BCUT2D eigenvalue weighted by Gasteiger charge is -2.10. The molecule has 0 saturated heterocycles. The summed E-state index contributed by atoms with van der Waals surface area (Å²) in [4.78, 5) is 12.5. The lowest BCUT2D eigenvalue weighted by Crippen LogP contribution is -2.12. The molecule has 0 aliphatic rings. The van der Waals surface area contributed by atoms with Crippen LogP contribution in [0.1, 0.15) is 5.56 Å². The molecule has 2 aromatic carbocycles. The van der Waals surface area contributed by atoms with Gasteiger partial charge in [0, 0.05) is 22.7 Å². The molecular formula is C20H16F3N3OS. The Kier molecular flexibility index (Phi) is 6.20. The summed E-state index contributed by atoms with van der Waals surface area (Å²) >= 11 is 0.634. The maximum atomic E-state index is 12.4. The van der Waals surface area contributed by atoms with Gasteiger partial charge in [0.1, 0.15) is 0 Å². The van der Waals surface area contributed by atoms with E-state index in [1.807, 2.05) is 30.3 Å². The molecule has 144 valence electrons. The van der Waals surface area contributed by atoms with E-state index in [4.69, 9.17) is 0 Å². The highest BCUT2D eigenvalue weighted by Crippen LogP contribution is 2.32. The van der Waals surface area contributed by atoms with Crippen molar-refractivity contribution in [3.63, 3.8) is 0 Å². The molecule has 4 nitrogen and oxygen atoms in total. The summed E-state index contributed by atoms with van der Waals surface area (Å²) in [7, 11) is 0. The lowest BCUT2D eigenvalue weighted by atomic mass is 10.3. The number of anilines is 1. The minimum Gasteiger partial charge on any atom is -0.321 e. The predicted octanol–water partition coefficient (Wildman–Crippen LogP) is 5.18. The zero-order valence-corrected chi connectivity index (χ0v) is 15.4. The van der Waals surface area contributed by atoms with E-state index in [-0.39, 0.29) is 0 Å². The van der Waals surface area contributed by atoms with Crippen LogP contribution in [0.25, 0.3) is 11.8 Å². The molecule has 1 heterocycles. The van der Waals surface area contributed by atoms with Crippen LogP contribution in [-0.2, 0) is 4.79 Å². The third-order valence-corrected chi connectivity index (χ3v) is 4.73. The van der Waals surface area contributed by atoms with Crippen molar-refractivity contribution < 1.29 is 18.0 Å². The average molecular weight is 403 g/mol. The zero-order chi connectivity index (χ0) is 20.0. The maximum Gasteiger partial charge on any atom is 0.398 e. The molecule has 0 radical (unpaired) electrons. The Bertz CT molecular complexity index is 968. The Labute approximate surface area is 164 Å². The monoisotopic (exact) mass is 403 g/mol. The summed E-state index contributed by atoms with van der Waals surface area (Å²) < 4.78 is 39.0. The van der Waals surface area contributed by atoms with Crippen LogP contribution < -0.4 is 5.32 Å². The number of rotatable bonds is 6. The second-order valence-electron chi connectivity index (χ2n) is 5.78. The van der Waals surface area contributed by atoms with Crippen LogP contribution in [0.5, 0.6) is 0 Å². The summed E-state index contributed by atoms with van der Waals surface area (Å²) in [6.07, 6.45) is 2.02. The number of benzene rings is 2. The highest BCUT2D eigenvalue weighted by atomic mass is 32.2. The Balaban J connectivity index is 1.64. The van der Waals surface area contributed by atoms with Crippen molar-refractivity contribution >= 4 is 29.4 Å². The number of aromatic nitrogens is 2. The van der Waals surface area contributed by atoms with Crippen molar-refractivity contribution in [2.45, 2.75) is 11.1 Å². The van der Waals surface area contributed by atoms with Crippen LogP contribution in [-0.4, -0.2) is 27.6 Å². The number of carbonyl (C=O) groups is 1. The molecule has 0 aliphatic heterocycles. The van der Waals surface area contributed by atoms with Gasteiger partial charge in [0.25, 0.3) is 0 Å². The van der Waals surface area contributed by atoms with Gasteiger partial charge in [-0.1, -0.05) is 30.3 Å². The minimum atomic E-state index is -4.28. The summed E-state index contributed by atoms with van der Waals surface area (Å²) in [5, 5.41) is 6.85. The Morgan fingerprint density at radius 3 is 2.57 bits per heavy atom. The number of thioether (sulfide) groups is 1. The largest absolute Gasteiger partial charge is 0.398 e. The number of para-hydroxylation sites is 2. The Morgan fingerprint density at radius 1 is 1.11 bits per heavy atom. The van der Waals surface area contributed by atoms with Gasteiger partial charge < -0.3 is 5.32 Å². The molecule has 0 spiro atoms. The molecular weight excluding hydrogens is 387 g/mol. The fourth-order valence-corrected chi connectivity index (χ4v) is 3.11. The minimum absolute atomic E-state index is 0.339. The molecule has 3 aromatic rings. The second kappa shape index (κ2) is 8.79. The van der Waals surface area contributed by atoms with Crippen molar-refractivity contribution in [1.82, 2.24) is 9.78 Å². The van der Waals surface area contributed by atoms with E-state index >= 15 is 0 Å². The maximum absolute atomic E-state index is 12.4. The highest BCUT2D eigenvalue weighted by molar-refractivity contribution is 7.99. The average Bonchev–Trinajstić information content (AvgIpc) is 3.15. The Morgan fingerprint density at radius 2 is 1.82 bits per heavy atom. The van der Waals surface area contributed by atoms with Gasteiger partial charge in [-0.3, -0.25) is 4.79 Å². The first-order chi connectivity index (χ1) is 13.4. The number of amides is 1. The third kappa shape index (κ3) is 5.75. The standard InChI is InChI=1S/C20H16F3N3OS/c21-20(22,23)14-28-18-9-5-4-8-17(18)25-19(27)11-10-15-12-24-26(13-15)16-6-2-1-3-7-16/h1-13H,14H2,(H,25,27)/b11-10+. The van der Waals surface area contributed by atoms with Gasteiger partial charge in [0.2, 0.25) is 5.91 Å². The molecule has 0 unspecified atom stereocenters. The normalized spacial score (nSPS) is 11.7. The van der Waals surface area contributed by atoms with E-state index in [9.17, 15) is 18.0 Å². The SMILES string of the molecule is O=C(/C=C/c1cnn(-c2ccccc2)c1)Nc1ccccc1SCC(F)(F)F. The van der Waals surface area contributed by atoms with Crippen molar-refractivity contribution in [3.8, 4) is 5.69 Å². The number of halogens is 3. The topological polar surface area (TPSA) is 46.9 Å². The first-order valence-electron chi connectivity index (χ1n) is 8.28.